The van der Waals surface area contributed by atoms with Crippen molar-refractivity contribution in [3.8, 4) is 0 Å². The van der Waals surface area contributed by atoms with Crippen LogP contribution in [0.2, 0.25) is 0 Å². The third kappa shape index (κ3) is 3.56. The van der Waals surface area contributed by atoms with Gasteiger partial charge in [0.1, 0.15) is 17.0 Å². The zero-order chi connectivity index (χ0) is 18.8. The first-order valence-electron chi connectivity index (χ1n) is 10.3. The molecule has 3 aromatic rings. The smallest absolute Gasteiger partial charge is 0.141 e. The molecule has 1 aromatic carbocycles. The first-order chi connectivity index (χ1) is 13.9. The minimum atomic E-state index is 1.01. The maximum atomic E-state index is 4.73. The van der Waals surface area contributed by atoms with E-state index in [0.717, 1.165) is 32.7 Å². The summed E-state index contributed by atoms with van der Waals surface area (Å²) in [4.78, 5) is 17.0. The van der Waals surface area contributed by atoms with Crippen LogP contribution in [-0.2, 0) is 12.8 Å². The number of benzene rings is 1. The molecule has 144 valence electrons. The van der Waals surface area contributed by atoms with Gasteiger partial charge in [0.05, 0.1) is 5.39 Å². The molecule has 4 nitrogen and oxygen atoms in total. The molecular weight excluding hydrogens is 364 g/mol. The molecule has 5 heteroatoms. The van der Waals surface area contributed by atoms with Crippen LogP contribution in [0.25, 0.3) is 16.3 Å². The fourth-order valence-electron chi connectivity index (χ4n) is 4.36. The van der Waals surface area contributed by atoms with Crippen molar-refractivity contribution in [1.82, 2.24) is 14.9 Å². The summed E-state index contributed by atoms with van der Waals surface area (Å²) in [6, 6.07) is 10.5. The predicted octanol–water partition coefficient (Wildman–Crippen LogP) is 4.41. The molecular formula is C23H26N4S. The van der Waals surface area contributed by atoms with Gasteiger partial charge in [-0.05, 0) is 36.8 Å². The average molecular weight is 391 g/mol. The highest BCUT2D eigenvalue weighted by Crippen LogP contribution is 2.39. The standard InChI is InChI=1S/C23H26N4S/c1-2-7-18(8-3-1)9-6-12-26-13-15-27(16-14-26)22-21-19-10-4-5-11-20(19)28-23(21)25-17-24-22/h1-3,6-9,17H,4-5,10-16H2. The number of thiophene rings is 1. The molecule has 2 aliphatic rings. The Bertz CT molecular complexity index is 971. The van der Waals surface area contributed by atoms with Crippen molar-refractivity contribution in [3.63, 3.8) is 0 Å². The van der Waals surface area contributed by atoms with Gasteiger partial charge in [0.25, 0.3) is 0 Å². The maximum Gasteiger partial charge on any atom is 0.141 e. The van der Waals surface area contributed by atoms with Crippen molar-refractivity contribution in [2.75, 3.05) is 37.6 Å². The maximum absolute atomic E-state index is 4.73. The molecule has 0 spiro atoms. The molecule has 0 N–H and O–H groups in total. The zero-order valence-corrected chi connectivity index (χ0v) is 17.0. The van der Waals surface area contributed by atoms with Crippen LogP contribution in [0.5, 0.6) is 0 Å². The first kappa shape index (κ1) is 17.8. The molecule has 0 bridgehead atoms. The summed E-state index contributed by atoms with van der Waals surface area (Å²) in [5.41, 5.74) is 2.81. The Morgan fingerprint density at radius 3 is 2.64 bits per heavy atom. The Labute approximate surface area is 170 Å². The summed E-state index contributed by atoms with van der Waals surface area (Å²) >= 11 is 1.89. The number of fused-ring (bicyclic) bond motifs is 3. The minimum Gasteiger partial charge on any atom is -0.353 e. The molecule has 28 heavy (non-hydrogen) atoms. The van der Waals surface area contributed by atoms with Crippen LogP contribution in [-0.4, -0.2) is 47.6 Å². The summed E-state index contributed by atoms with van der Waals surface area (Å²) in [6.45, 7) is 5.25. The lowest BCUT2D eigenvalue weighted by Crippen LogP contribution is -2.46. The Morgan fingerprint density at radius 1 is 0.964 bits per heavy atom. The summed E-state index contributed by atoms with van der Waals surface area (Å²) in [5.74, 6) is 1.17. The largest absolute Gasteiger partial charge is 0.353 e. The normalized spacial score (nSPS) is 18.1. The van der Waals surface area contributed by atoms with E-state index in [1.54, 1.807) is 11.2 Å². The molecule has 0 saturated carbocycles. The Kier molecular flexibility index (Phi) is 5.10. The van der Waals surface area contributed by atoms with Gasteiger partial charge in [-0.2, -0.15) is 0 Å². The summed E-state index contributed by atoms with van der Waals surface area (Å²) in [7, 11) is 0. The molecule has 0 unspecified atom stereocenters. The zero-order valence-electron chi connectivity index (χ0n) is 16.2. The van der Waals surface area contributed by atoms with E-state index in [1.165, 1.54) is 52.8 Å². The van der Waals surface area contributed by atoms with Crippen LogP contribution in [0.15, 0.2) is 42.7 Å². The van der Waals surface area contributed by atoms with E-state index >= 15 is 0 Å². The van der Waals surface area contributed by atoms with Crippen LogP contribution >= 0.6 is 11.3 Å². The number of hydrogen-bond acceptors (Lipinski definition) is 5. The quantitative estimate of drug-likeness (QED) is 0.661. The van der Waals surface area contributed by atoms with Gasteiger partial charge < -0.3 is 4.90 Å². The number of hydrogen-bond donors (Lipinski definition) is 0. The van der Waals surface area contributed by atoms with Crippen molar-refractivity contribution in [1.29, 1.82) is 0 Å². The Hall–Kier alpha value is -2.24. The summed E-state index contributed by atoms with van der Waals surface area (Å²) < 4.78 is 0. The Morgan fingerprint density at radius 2 is 1.79 bits per heavy atom. The first-order valence-corrected chi connectivity index (χ1v) is 11.1. The van der Waals surface area contributed by atoms with Crippen LogP contribution < -0.4 is 4.90 Å². The third-order valence-electron chi connectivity index (χ3n) is 5.88. The van der Waals surface area contributed by atoms with Crippen molar-refractivity contribution in [2.45, 2.75) is 25.7 Å². The van der Waals surface area contributed by atoms with Gasteiger partial charge in [-0.1, -0.05) is 42.5 Å². The highest BCUT2D eigenvalue weighted by molar-refractivity contribution is 7.19. The molecule has 1 aliphatic heterocycles. The second kappa shape index (κ2) is 8.02. The molecule has 0 atom stereocenters. The van der Waals surface area contributed by atoms with E-state index in [2.05, 4.69) is 57.3 Å². The summed E-state index contributed by atoms with van der Waals surface area (Å²) in [5, 5.41) is 1.35. The van der Waals surface area contributed by atoms with Gasteiger partial charge in [0.15, 0.2) is 0 Å². The van der Waals surface area contributed by atoms with Gasteiger partial charge >= 0.3 is 0 Å². The highest BCUT2D eigenvalue weighted by Gasteiger charge is 2.24. The third-order valence-corrected chi connectivity index (χ3v) is 7.08. The fourth-order valence-corrected chi connectivity index (χ4v) is 5.58. The SMILES string of the molecule is C(=Cc1ccccc1)CN1CCN(c2ncnc3sc4c(c23)CCCC4)CC1. The Balaban J connectivity index is 1.27. The van der Waals surface area contributed by atoms with E-state index in [4.69, 9.17) is 4.98 Å². The van der Waals surface area contributed by atoms with Gasteiger partial charge in [-0.25, -0.2) is 9.97 Å². The lowest BCUT2D eigenvalue weighted by Gasteiger charge is -2.35. The van der Waals surface area contributed by atoms with Crippen molar-refractivity contribution >= 4 is 33.4 Å². The molecule has 0 amide bonds. The van der Waals surface area contributed by atoms with E-state index < -0.39 is 0 Å². The fraction of sp³-hybridized carbons (Fsp3) is 0.391. The van der Waals surface area contributed by atoms with Gasteiger partial charge in [-0.15, -0.1) is 11.3 Å². The lowest BCUT2D eigenvalue weighted by molar-refractivity contribution is 0.284. The van der Waals surface area contributed by atoms with Crippen molar-refractivity contribution in [2.24, 2.45) is 0 Å². The second-order valence-electron chi connectivity index (χ2n) is 7.69. The molecule has 1 aliphatic carbocycles. The molecule has 5 rings (SSSR count). The van der Waals surface area contributed by atoms with E-state index in [1.807, 2.05) is 11.3 Å². The van der Waals surface area contributed by atoms with E-state index in [-0.39, 0.29) is 0 Å². The lowest BCUT2D eigenvalue weighted by atomic mass is 9.97. The molecule has 3 heterocycles. The number of aryl methyl sites for hydroxylation is 2. The number of piperazine rings is 1. The molecule has 0 radical (unpaired) electrons. The van der Waals surface area contributed by atoms with Crippen molar-refractivity contribution < 1.29 is 0 Å². The molecule has 1 fully saturated rings. The van der Waals surface area contributed by atoms with Crippen LogP contribution in [0.1, 0.15) is 28.8 Å². The number of rotatable bonds is 4. The number of anilines is 1. The van der Waals surface area contributed by atoms with Crippen LogP contribution in [0.4, 0.5) is 5.82 Å². The van der Waals surface area contributed by atoms with Crippen molar-refractivity contribution in [3.05, 3.63) is 58.7 Å². The molecule has 1 saturated heterocycles. The number of nitrogens with zero attached hydrogens (tertiary/aromatic N) is 4. The van der Waals surface area contributed by atoms with Crippen LogP contribution in [0, 0.1) is 0 Å². The van der Waals surface area contributed by atoms with E-state index in [9.17, 15) is 0 Å². The van der Waals surface area contributed by atoms with Gasteiger partial charge in [0.2, 0.25) is 0 Å². The highest BCUT2D eigenvalue weighted by atomic mass is 32.1. The van der Waals surface area contributed by atoms with Crippen LogP contribution in [0.3, 0.4) is 0 Å². The second-order valence-corrected chi connectivity index (χ2v) is 8.77. The molecule has 2 aromatic heterocycles. The average Bonchev–Trinajstić information content (AvgIpc) is 3.14. The number of aromatic nitrogens is 2. The monoisotopic (exact) mass is 390 g/mol. The summed E-state index contributed by atoms with van der Waals surface area (Å²) in [6.07, 6.45) is 11.3. The van der Waals surface area contributed by atoms with Gasteiger partial charge in [-0.3, -0.25) is 4.90 Å². The van der Waals surface area contributed by atoms with Gasteiger partial charge in [0, 0.05) is 37.6 Å². The topological polar surface area (TPSA) is 32.3 Å². The predicted molar refractivity (Wildman–Crippen MR) is 118 cm³/mol. The minimum absolute atomic E-state index is 1.01. The van der Waals surface area contributed by atoms with E-state index in [0.29, 0.717) is 0 Å².